The summed E-state index contributed by atoms with van der Waals surface area (Å²) in [5, 5.41) is 20.3. The summed E-state index contributed by atoms with van der Waals surface area (Å²) in [6, 6.07) is 14.1. The maximum absolute atomic E-state index is 11.1. The van der Waals surface area contributed by atoms with Crippen molar-refractivity contribution in [2.45, 2.75) is 19.8 Å². The van der Waals surface area contributed by atoms with Crippen molar-refractivity contribution >= 4 is 16.9 Å². The maximum Gasteiger partial charge on any atom is 0.308 e. The van der Waals surface area contributed by atoms with Gasteiger partial charge in [0, 0.05) is 18.0 Å². The van der Waals surface area contributed by atoms with Crippen LogP contribution in [0.25, 0.3) is 10.9 Å². The first-order valence-corrected chi connectivity index (χ1v) is 7.53. The van der Waals surface area contributed by atoms with E-state index in [1.807, 2.05) is 31.2 Å². The van der Waals surface area contributed by atoms with Crippen LogP contribution in [0.5, 0.6) is 5.88 Å². The molecule has 0 radical (unpaired) electrons. The summed E-state index contributed by atoms with van der Waals surface area (Å²) in [7, 11) is 1.75. The van der Waals surface area contributed by atoms with Crippen molar-refractivity contribution in [2.75, 3.05) is 0 Å². The van der Waals surface area contributed by atoms with E-state index in [1.165, 1.54) is 5.56 Å². The number of aromatic nitrogens is 1. The quantitative estimate of drug-likeness (QED) is 0.776. The fourth-order valence-corrected chi connectivity index (χ4v) is 3.16. The Kier molecular flexibility index (Phi) is 3.82. The zero-order chi connectivity index (χ0) is 16.6. The highest BCUT2D eigenvalue weighted by Crippen LogP contribution is 2.35. The predicted octanol–water partition coefficient (Wildman–Crippen LogP) is 3.41. The predicted molar refractivity (Wildman–Crippen MR) is 89.9 cm³/mol. The van der Waals surface area contributed by atoms with Gasteiger partial charge in [0.1, 0.15) is 0 Å². The second-order valence-electron chi connectivity index (χ2n) is 5.84. The lowest BCUT2D eigenvalue weighted by atomic mass is 9.95. The molecule has 0 amide bonds. The average Bonchev–Trinajstić information content (AvgIpc) is 2.76. The lowest BCUT2D eigenvalue weighted by Crippen LogP contribution is -2.01. The largest absolute Gasteiger partial charge is 0.494 e. The molecule has 0 saturated heterocycles. The summed E-state index contributed by atoms with van der Waals surface area (Å²) in [5.74, 6) is -0.914. The molecular weight excluding hydrogens is 290 g/mol. The van der Waals surface area contributed by atoms with Gasteiger partial charge in [0.25, 0.3) is 0 Å². The average molecular weight is 309 g/mol. The number of benzene rings is 2. The summed E-state index contributed by atoms with van der Waals surface area (Å²) in [6.07, 6.45) is 0.601. The third-order valence-electron chi connectivity index (χ3n) is 4.37. The molecule has 0 bridgehead atoms. The number of hydrogen-bond donors (Lipinski definition) is 2. The molecule has 3 aromatic rings. The van der Waals surface area contributed by atoms with Crippen molar-refractivity contribution in [2.24, 2.45) is 7.05 Å². The minimum absolute atomic E-state index is 0.0300. The second-order valence-corrected chi connectivity index (χ2v) is 5.84. The number of rotatable bonds is 4. The smallest absolute Gasteiger partial charge is 0.308 e. The van der Waals surface area contributed by atoms with Gasteiger partial charge in [0.05, 0.1) is 11.9 Å². The topological polar surface area (TPSA) is 62.5 Å². The zero-order valence-electron chi connectivity index (χ0n) is 13.2. The molecule has 0 aliphatic rings. The van der Waals surface area contributed by atoms with Gasteiger partial charge in [0.2, 0.25) is 0 Å². The Labute approximate surface area is 134 Å². The molecule has 0 unspecified atom stereocenters. The summed E-state index contributed by atoms with van der Waals surface area (Å²) in [5.41, 5.74) is 4.71. The highest BCUT2D eigenvalue weighted by Gasteiger charge is 2.19. The Bertz CT molecular complexity index is 879. The van der Waals surface area contributed by atoms with E-state index >= 15 is 0 Å². The number of hydrogen-bond acceptors (Lipinski definition) is 2. The van der Waals surface area contributed by atoms with Crippen LogP contribution in [-0.2, 0) is 24.7 Å². The van der Waals surface area contributed by atoms with Gasteiger partial charge in [0.15, 0.2) is 5.88 Å². The highest BCUT2D eigenvalue weighted by molar-refractivity contribution is 5.93. The van der Waals surface area contributed by atoms with E-state index in [4.69, 9.17) is 5.11 Å². The molecule has 2 aromatic carbocycles. The summed E-state index contributed by atoms with van der Waals surface area (Å²) in [4.78, 5) is 11.1. The first kappa shape index (κ1) is 15.2. The van der Waals surface area contributed by atoms with E-state index in [0.29, 0.717) is 5.56 Å². The van der Waals surface area contributed by atoms with E-state index in [1.54, 1.807) is 11.6 Å². The van der Waals surface area contributed by atoms with Gasteiger partial charge >= 0.3 is 5.97 Å². The van der Waals surface area contributed by atoms with Crippen molar-refractivity contribution in [1.82, 2.24) is 4.57 Å². The number of fused-ring (bicyclic) bond motifs is 1. The molecule has 0 aliphatic heterocycles. The Hall–Kier alpha value is -2.75. The minimum Gasteiger partial charge on any atom is -0.494 e. The molecule has 1 heterocycles. The van der Waals surface area contributed by atoms with Gasteiger partial charge in [-0.1, -0.05) is 36.4 Å². The van der Waals surface area contributed by atoms with Crippen LogP contribution in [0.1, 0.15) is 22.3 Å². The molecule has 0 aliphatic carbocycles. The van der Waals surface area contributed by atoms with Gasteiger partial charge < -0.3 is 14.8 Å². The number of carboxylic acid groups (broad SMARTS) is 1. The SMILES string of the molecule is Cc1c(Cc2ccccc2)ccc2c1c(CC(=O)O)c(O)n2C. The molecule has 0 atom stereocenters. The van der Waals surface area contributed by atoms with Gasteiger partial charge in [-0.2, -0.15) is 0 Å². The van der Waals surface area contributed by atoms with Crippen molar-refractivity contribution < 1.29 is 15.0 Å². The zero-order valence-corrected chi connectivity index (χ0v) is 13.2. The number of aliphatic carboxylic acids is 1. The molecule has 4 nitrogen and oxygen atoms in total. The summed E-state index contributed by atoms with van der Waals surface area (Å²) >= 11 is 0. The van der Waals surface area contributed by atoms with Gasteiger partial charge in [-0.05, 0) is 36.1 Å². The molecule has 0 fully saturated rings. The monoisotopic (exact) mass is 309 g/mol. The first-order chi connectivity index (χ1) is 11.0. The number of aromatic hydroxyl groups is 1. The van der Waals surface area contributed by atoms with Crippen LogP contribution in [0.3, 0.4) is 0 Å². The Morgan fingerprint density at radius 3 is 2.48 bits per heavy atom. The summed E-state index contributed by atoms with van der Waals surface area (Å²) in [6.45, 7) is 1.99. The maximum atomic E-state index is 11.1. The van der Waals surface area contributed by atoms with E-state index in [2.05, 4.69) is 18.2 Å². The first-order valence-electron chi connectivity index (χ1n) is 7.53. The third-order valence-corrected chi connectivity index (χ3v) is 4.37. The number of carbonyl (C=O) groups is 1. The lowest BCUT2D eigenvalue weighted by molar-refractivity contribution is -0.136. The number of carboxylic acids is 1. The Morgan fingerprint density at radius 1 is 1.13 bits per heavy atom. The fourth-order valence-electron chi connectivity index (χ4n) is 3.16. The molecule has 0 saturated carbocycles. The van der Waals surface area contributed by atoms with Gasteiger partial charge in [-0.3, -0.25) is 4.79 Å². The van der Waals surface area contributed by atoms with E-state index in [-0.39, 0.29) is 12.3 Å². The van der Waals surface area contributed by atoms with Gasteiger partial charge in [-0.25, -0.2) is 0 Å². The van der Waals surface area contributed by atoms with Crippen LogP contribution >= 0.6 is 0 Å². The minimum atomic E-state index is -0.944. The molecule has 4 heteroatoms. The van der Waals surface area contributed by atoms with Crippen LogP contribution in [0, 0.1) is 6.92 Å². The molecule has 2 N–H and O–H groups in total. The van der Waals surface area contributed by atoms with E-state index < -0.39 is 5.97 Å². The van der Waals surface area contributed by atoms with Gasteiger partial charge in [-0.15, -0.1) is 0 Å². The van der Waals surface area contributed by atoms with Crippen LogP contribution < -0.4 is 0 Å². The van der Waals surface area contributed by atoms with Crippen molar-refractivity contribution in [1.29, 1.82) is 0 Å². The van der Waals surface area contributed by atoms with Crippen LogP contribution in [-0.4, -0.2) is 20.7 Å². The van der Waals surface area contributed by atoms with Crippen LogP contribution in [0.15, 0.2) is 42.5 Å². The number of aryl methyl sites for hydroxylation is 2. The van der Waals surface area contributed by atoms with Crippen molar-refractivity contribution in [3.05, 3.63) is 64.7 Å². The Balaban J connectivity index is 2.16. The fraction of sp³-hybridized carbons (Fsp3) is 0.211. The van der Waals surface area contributed by atoms with Crippen molar-refractivity contribution in [3.8, 4) is 5.88 Å². The standard InChI is InChI=1S/C19H19NO3/c1-12-14(10-13-6-4-3-5-7-13)8-9-16-18(12)15(11-17(21)22)19(23)20(16)2/h3-9,23H,10-11H2,1-2H3,(H,21,22). The van der Waals surface area contributed by atoms with Crippen molar-refractivity contribution in [3.63, 3.8) is 0 Å². The van der Waals surface area contributed by atoms with Crippen LogP contribution in [0.2, 0.25) is 0 Å². The number of nitrogens with zero attached hydrogens (tertiary/aromatic N) is 1. The molecule has 23 heavy (non-hydrogen) atoms. The van der Waals surface area contributed by atoms with E-state index in [9.17, 15) is 9.90 Å². The van der Waals surface area contributed by atoms with E-state index in [0.717, 1.165) is 28.5 Å². The second kappa shape index (κ2) is 5.80. The lowest BCUT2D eigenvalue weighted by Gasteiger charge is -2.09. The molecular formula is C19H19NO3. The summed E-state index contributed by atoms with van der Waals surface area (Å²) < 4.78 is 1.65. The highest BCUT2D eigenvalue weighted by atomic mass is 16.4. The third kappa shape index (κ3) is 2.68. The Morgan fingerprint density at radius 2 is 1.83 bits per heavy atom. The van der Waals surface area contributed by atoms with Crippen LogP contribution in [0.4, 0.5) is 0 Å². The normalized spacial score (nSPS) is 11.0. The molecule has 3 rings (SSSR count). The molecule has 118 valence electrons. The molecule has 1 aromatic heterocycles. The molecule has 0 spiro atoms.